The van der Waals surface area contributed by atoms with Crippen LogP contribution in [0.4, 0.5) is 0 Å². The van der Waals surface area contributed by atoms with Crippen molar-refractivity contribution in [3.63, 3.8) is 0 Å². The zero-order chi connectivity index (χ0) is 17.2. The fourth-order valence-corrected chi connectivity index (χ4v) is 2.80. The van der Waals surface area contributed by atoms with Gasteiger partial charge in [0.05, 0.1) is 6.61 Å². The molecule has 1 amide bonds. The first-order valence-corrected chi connectivity index (χ1v) is 9.10. The van der Waals surface area contributed by atoms with Gasteiger partial charge in [-0.15, -0.1) is 0 Å². The molecule has 2 rings (SSSR count). The minimum absolute atomic E-state index is 0.202. The van der Waals surface area contributed by atoms with Gasteiger partial charge in [0.25, 0.3) is 5.91 Å². The molecule has 0 spiro atoms. The predicted octanol–water partition coefficient (Wildman–Crippen LogP) is 3.97. The maximum Gasteiger partial charge on any atom is 0.257 e. The second-order valence-corrected chi connectivity index (χ2v) is 6.35. The molecule has 1 aromatic carbocycles. The van der Waals surface area contributed by atoms with Crippen molar-refractivity contribution >= 4 is 23.2 Å². The van der Waals surface area contributed by atoms with E-state index in [0.717, 1.165) is 25.1 Å². The van der Waals surface area contributed by atoms with Gasteiger partial charge in [0.1, 0.15) is 5.75 Å². The number of hydrogen-bond acceptors (Lipinski definition) is 3. The molecule has 1 aliphatic rings. The Kier molecular flexibility index (Phi) is 7.75. The van der Waals surface area contributed by atoms with Crippen molar-refractivity contribution in [2.75, 3.05) is 13.2 Å². The number of rotatable bonds is 7. The number of carbonyl (C=O) groups is 1. The second kappa shape index (κ2) is 10.1. The van der Waals surface area contributed by atoms with Gasteiger partial charge >= 0.3 is 0 Å². The summed E-state index contributed by atoms with van der Waals surface area (Å²) in [4.78, 5) is 12.2. The van der Waals surface area contributed by atoms with Crippen molar-refractivity contribution < 1.29 is 9.53 Å². The average molecular weight is 346 g/mol. The molecule has 0 saturated heterocycles. The van der Waals surface area contributed by atoms with E-state index in [1.807, 2.05) is 0 Å². The van der Waals surface area contributed by atoms with Crippen molar-refractivity contribution in [1.29, 1.82) is 0 Å². The molecule has 0 aliphatic heterocycles. The number of amides is 1. The molecule has 4 nitrogen and oxygen atoms in total. The van der Waals surface area contributed by atoms with Crippen LogP contribution in [0.5, 0.6) is 5.75 Å². The SMILES string of the molecule is CCCOc1ccc(C(=O)NC(=S)NCCC2=CCCCC2)cc1. The summed E-state index contributed by atoms with van der Waals surface area (Å²) in [6.45, 7) is 3.49. The Hall–Kier alpha value is -1.88. The van der Waals surface area contributed by atoms with Gasteiger partial charge in [-0.05, 0) is 75.0 Å². The van der Waals surface area contributed by atoms with Crippen LogP contribution in [0.25, 0.3) is 0 Å². The second-order valence-electron chi connectivity index (χ2n) is 5.94. The summed E-state index contributed by atoms with van der Waals surface area (Å²) in [6.07, 6.45) is 9.23. The van der Waals surface area contributed by atoms with Gasteiger partial charge < -0.3 is 10.1 Å². The molecule has 0 fully saturated rings. The van der Waals surface area contributed by atoms with Crippen molar-refractivity contribution in [2.24, 2.45) is 0 Å². The quantitative estimate of drug-likeness (QED) is 0.579. The lowest BCUT2D eigenvalue weighted by molar-refractivity contribution is 0.0976. The molecule has 130 valence electrons. The Balaban J connectivity index is 1.72. The van der Waals surface area contributed by atoms with Gasteiger partial charge in [0, 0.05) is 12.1 Å². The first-order chi connectivity index (χ1) is 11.7. The lowest BCUT2D eigenvalue weighted by Gasteiger charge is -2.14. The zero-order valence-corrected chi connectivity index (χ0v) is 15.1. The van der Waals surface area contributed by atoms with Gasteiger partial charge in [-0.3, -0.25) is 10.1 Å². The maximum atomic E-state index is 12.2. The van der Waals surface area contributed by atoms with Crippen LogP contribution in [0.15, 0.2) is 35.9 Å². The molecule has 24 heavy (non-hydrogen) atoms. The van der Waals surface area contributed by atoms with Crippen molar-refractivity contribution in [1.82, 2.24) is 10.6 Å². The molecule has 5 heteroatoms. The minimum Gasteiger partial charge on any atom is -0.494 e. The van der Waals surface area contributed by atoms with Crippen LogP contribution in [0.2, 0.25) is 0 Å². The fourth-order valence-electron chi connectivity index (χ4n) is 2.61. The highest BCUT2D eigenvalue weighted by molar-refractivity contribution is 7.80. The first kappa shape index (κ1) is 18.5. The topological polar surface area (TPSA) is 50.4 Å². The summed E-state index contributed by atoms with van der Waals surface area (Å²) >= 11 is 5.19. The van der Waals surface area contributed by atoms with E-state index < -0.39 is 0 Å². The van der Waals surface area contributed by atoms with E-state index in [2.05, 4.69) is 23.6 Å². The van der Waals surface area contributed by atoms with E-state index in [1.54, 1.807) is 24.3 Å². The zero-order valence-electron chi connectivity index (χ0n) is 14.3. The summed E-state index contributed by atoms with van der Waals surface area (Å²) < 4.78 is 5.51. The van der Waals surface area contributed by atoms with Gasteiger partial charge in [-0.2, -0.15) is 0 Å². The molecule has 2 N–H and O–H groups in total. The highest BCUT2D eigenvalue weighted by Crippen LogP contribution is 2.19. The van der Waals surface area contributed by atoms with Crippen LogP contribution in [0.3, 0.4) is 0 Å². The predicted molar refractivity (Wildman–Crippen MR) is 101 cm³/mol. The van der Waals surface area contributed by atoms with E-state index in [-0.39, 0.29) is 5.91 Å². The summed E-state index contributed by atoms with van der Waals surface area (Å²) in [5.74, 6) is 0.571. The number of thiocarbonyl (C=S) groups is 1. The van der Waals surface area contributed by atoms with Crippen molar-refractivity contribution in [3.05, 3.63) is 41.5 Å². The van der Waals surface area contributed by atoms with E-state index in [0.29, 0.717) is 17.3 Å². The Morgan fingerprint density at radius 2 is 2.04 bits per heavy atom. The monoisotopic (exact) mass is 346 g/mol. The third-order valence-electron chi connectivity index (χ3n) is 3.93. The summed E-state index contributed by atoms with van der Waals surface area (Å²) in [7, 11) is 0. The molecule has 0 heterocycles. The molecule has 0 bridgehead atoms. The highest BCUT2D eigenvalue weighted by Gasteiger charge is 2.08. The number of hydrogen-bond donors (Lipinski definition) is 2. The molecular weight excluding hydrogens is 320 g/mol. The van der Waals surface area contributed by atoms with Gasteiger partial charge in [0.15, 0.2) is 5.11 Å². The number of benzene rings is 1. The summed E-state index contributed by atoms with van der Waals surface area (Å²) in [5, 5.41) is 6.20. The largest absolute Gasteiger partial charge is 0.494 e. The Morgan fingerprint density at radius 1 is 1.25 bits per heavy atom. The van der Waals surface area contributed by atoms with Crippen LogP contribution >= 0.6 is 12.2 Å². The average Bonchev–Trinajstić information content (AvgIpc) is 2.61. The van der Waals surface area contributed by atoms with E-state index in [1.165, 1.54) is 31.3 Å². The highest BCUT2D eigenvalue weighted by atomic mass is 32.1. The number of ether oxygens (including phenoxy) is 1. The lowest BCUT2D eigenvalue weighted by atomic mass is 9.97. The van der Waals surface area contributed by atoms with Crippen LogP contribution in [0, 0.1) is 0 Å². The van der Waals surface area contributed by atoms with E-state index in [9.17, 15) is 4.79 Å². The van der Waals surface area contributed by atoms with Gasteiger partial charge in [-0.25, -0.2) is 0 Å². The number of carbonyl (C=O) groups excluding carboxylic acids is 1. The Bertz CT molecular complexity index is 582. The molecule has 0 unspecified atom stereocenters. The van der Waals surface area contributed by atoms with Crippen LogP contribution < -0.4 is 15.4 Å². The van der Waals surface area contributed by atoms with Gasteiger partial charge in [0.2, 0.25) is 0 Å². The number of nitrogens with one attached hydrogen (secondary N) is 2. The molecule has 0 saturated carbocycles. The van der Waals surface area contributed by atoms with E-state index >= 15 is 0 Å². The van der Waals surface area contributed by atoms with E-state index in [4.69, 9.17) is 17.0 Å². The summed E-state index contributed by atoms with van der Waals surface area (Å²) in [5.41, 5.74) is 2.06. The summed E-state index contributed by atoms with van der Waals surface area (Å²) in [6, 6.07) is 7.10. The molecule has 0 aromatic heterocycles. The fraction of sp³-hybridized carbons (Fsp3) is 0.474. The smallest absolute Gasteiger partial charge is 0.257 e. The van der Waals surface area contributed by atoms with Crippen LogP contribution in [-0.2, 0) is 0 Å². The minimum atomic E-state index is -0.202. The van der Waals surface area contributed by atoms with Crippen LogP contribution in [-0.4, -0.2) is 24.2 Å². The maximum absolute atomic E-state index is 12.2. The number of allylic oxidation sites excluding steroid dienone is 1. The lowest BCUT2D eigenvalue weighted by Crippen LogP contribution is -2.39. The third-order valence-corrected chi connectivity index (χ3v) is 4.18. The molecule has 0 atom stereocenters. The van der Waals surface area contributed by atoms with Crippen molar-refractivity contribution in [2.45, 2.75) is 45.4 Å². The Morgan fingerprint density at radius 3 is 2.71 bits per heavy atom. The van der Waals surface area contributed by atoms with Gasteiger partial charge in [-0.1, -0.05) is 18.6 Å². The normalized spacial score (nSPS) is 13.8. The van der Waals surface area contributed by atoms with Crippen molar-refractivity contribution in [3.8, 4) is 5.75 Å². The first-order valence-electron chi connectivity index (χ1n) is 8.69. The standard InChI is InChI=1S/C19H26N2O2S/c1-2-14-23-17-10-8-16(9-11-17)18(22)21-19(24)20-13-12-15-6-4-3-5-7-15/h6,8-11H,2-5,7,12-14H2,1H3,(H2,20,21,22,24). The molecule has 1 aliphatic carbocycles. The molecular formula is C19H26N2O2S. The Labute approximate surface area is 149 Å². The third kappa shape index (κ3) is 6.32. The van der Waals surface area contributed by atoms with Crippen LogP contribution in [0.1, 0.15) is 55.8 Å². The molecule has 0 radical (unpaired) electrons. The molecule has 1 aromatic rings.